The van der Waals surface area contributed by atoms with Crippen LogP contribution >= 0.6 is 0 Å². The van der Waals surface area contributed by atoms with E-state index in [2.05, 4.69) is 15.5 Å². The molecule has 0 spiro atoms. The van der Waals surface area contributed by atoms with Crippen LogP contribution in [0.25, 0.3) is 11.1 Å². The Kier molecular flexibility index (Phi) is 13.5. The minimum Gasteiger partial charge on any atom is -0.446 e. The van der Waals surface area contributed by atoms with Gasteiger partial charge >= 0.3 is 6.09 Å². The Labute approximate surface area is 273 Å². The van der Waals surface area contributed by atoms with Crippen LogP contribution in [0.3, 0.4) is 0 Å². The lowest BCUT2D eigenvalue weighted by Gasteiger charge is -2.32. The molecule has 0 bridgehead atoms. The molecule has 2 N–H and O–H groups in total. The van der Waals surface area contributed by atoms with Crippen molar-refractivity contribution in [2.24, 2.45) is 0 Å². The second kappa shape index (κ2) is 17.9. The molecule has 0 unspecified atom stereocenters. The first-order chi connectivity index (χ1) is 22.3. The Hall–Kier alpha value is -4.37. The van der Waals surface area contributed by atoms with Gasteiger partial charge in [0.15, 0.2) is 0 Å². The minimum absolute atomic E-state index is 0.0292. The molecule has 9 nitrogen and oxygen atoms in total. The summed E-state index contributed by atoms with van der Waals surface area (Å²) in [6, 6.07) is 25.3. The zero-order valence-corrected chi connectivity index (χ0v) is 27.5. The van der Waals surface area contributed by atoms with Crippen LogP contribution in [-0.4, -0.2) is 92.1 Å². The highest BCUT2D eigenvalue weighted by Crippen LogP contribution is 2.28. The third-order valence-electron chi connectivity index (χ3n) is 8.58. The number of hydrogen-bond donors (Lipinski definition) is 2. The molecule has 1 fully saturated rings. The van der Waals surface area contributed by atoms with E-state index in [1.165, 1.54) is 0 Å². The van der Waals surface area contributed by atoms with Crippen molar-refractivity contribution in [1.82, 2.24) is 14.7 Å². The molecule has 4 rings (SSSR count). The summed E-state index contributed by atoms with van der Waals surface area (Å²) in [6.07, 6.45) is 4.37. The van der Waals surface area contributed by atoms with Crippen LogP contribution in [0.4, 0.5) is 16.2 Å². The van der Waals surface area contributed by atoms with Crippen molar-refractivity contribution >= 4 is 29.3 Å². The number of hydrogen-bond acceptors (Lipinski definition) is 6. The molecule has 0 radical (unpaired) electrons. The van der Waals surface area contributed by atoms with E-state index in [4.69, 9.17) is 4.74 Å². The lowest BCUT2D eigenvalue weighted by molar-refractivity contribution is -0.130. The molecule has 3 aromatic carbocycles. The van der Waals surface area contributed by atoms with Gasteiger partial charge in [0, 0.05) is 76.6 Å². The smallest absolute Gasteiger partial charge is 0.411 e. The van der Waals surface area contributed by atoms with Crippen molar-refractivity contribution in [3.8, 4) is 11.1 Å². The van der Waals surface area contributed by atoms with Crippen molar-refractivity contribution in [2.45, 2.75) is 51.6 Å². The van der Waals surface area contributed by atoms with E-state index in [1.807, 2.05) is 97.7 Å². The zero-order chi connectivity index (χ0) is 32.7. The normalized spacial score (nSPS) is 13.5. The number of nitrogens with one attached hydrogen (secondary N) is 2. The number of unbranched alkanes of at least 4 members (excludes halogenated alkanes) is 2. The maximum atomic E-state index is 12.7. The summed E-state index contributed by atoms with van der Waals surface area (Å²) in [4.78, 5) is 43.4. The first-order valence-corrected chi connectivity index (χ1v) is 16.5. The van der Waals surface area contributed by atoms with E-state index >= 15 is 0 Å². The fraction of sp³-hybridized carbons (Fsp3) is 0.432. The van der Waals surface area contributed by atoms with Gasteiger partial charge in [-0.2, -0.15) is 0 Å². The molecule has 0 saturated carbocycles. The number of carbonyl (C=O) groups is 3. The predicted octanol–water partition coefficient (Wildman–Crippen LogP) is 6.59. The van der Waals surface area contributed by atoms with E-state index in [1.54, 1.807) is 11.9 Å². The van der Waals surface area contributed by atoms with Gasteiger partial charge in [-0.1, -0.05) is 55.0 Å². The number of para-hydroxylation sites is 1. The highest BCUT2D eigenvalue weighted by molar-refractivity contribution is 5.94. The number of piperidine rings is 1. The van der Waals surface area contributed by atoms with Crippen molar-refractivity contribution in [3.05, 3.63) is 84.4 Å². The van der Waals surface area contributed by atoms with Crippen LogP contribution in [0.15, 0.2) is 78.9 Å². The van der Waals surface area contributed by atoms with Gasteiger partial charge in [-0.3, -0.25) is 14.9 Å². The quantitative estimate of drug-likeness (QED) is 0.185. The number of likely N-dealkylation sites (tertiary alicyclic amines) is 1. The van der Waals surface area contributed by atoms with Gasteiger partial charge in [0.05, 0.1) is 5.69 Å². The Balaban J connectivity index is 1.06. The van der Waals surface area contributed by atoms with Crippen molar-refractivity contribution in [2.75, 3.05) is 64.0 Å². The molecule has 1 aliphatic heterocycles. The predicted molar refractivity (Wildman–Crippen MR) is 185 cm³/mol. The van der Waals surface area contributed by atoms with E-state index in [9.17, 15) is 14.4 Å². The summed E-state index contributed by atoms with van der Waals surface area (Å²) in [5.41, 5.74) is 4.42. The average molecular weight is 628 g/mol. The molecular weight excluding hydrogens is 578 g/mol. The summed E-state index contributed by atoms with van der Waals surface area (Å²) >= 11 is 0. The monoisotopic (exact) mass is 627 g/mol. The Morgan fingerprint density at radius 1 is 0.848 bits per heavy atom. The number of carbonyl (C=O) groups excluding carboxylic acids is 3. The Bertz CT molecular complexity index is 1390. The molecule has 246 valence electrons. The Morgan fingerprint density at radius 3 is 2.26 bits per heavy atom. The summed E-state index contributed by atoms with van der Waals surface area (Å²) in [6.45, 7) is 6.64. The second-order valence-corrected chi connectivity index (χ2v) is 11.9. The standard InChI is InChI=1S/C37H49N5O4/c1-4-40(2)36(44)30-18-20-31(21-19-30)38-24-12-6-9-17-35(43)41(3)27-28-42-25-22-32(23-26-42)46-37(45)39-34-16-11-10-15-33(34)29-13-7-5-8-14-29/h5,7-8,10-11,13-16,18-21,32,38H,4,6,9,12,17,22-28H2,1-3H3,(H,39,45). The number of nitrogens with zero attached hydrogens (tertiary/aromatic N) is 3. The topological polar surface area (TPSA) is 94.2 Å². The van der Waals surface area contributed by atoms with Gasteiger partial charge in [0.1, 0.15) is 6.10 Å². The van der Waals surface area contributed by atoms with Crippen LogP contribution in [0, 0.1) is 0 Å². The first-order valence-electron chi connectivity index (χ1n) is 16.5. The van der Waals surface area contributed by atoms with Crippen molar-refractivity contribution in [1.29, 1.82) is 0 Å². The maximum absolute atomic E-state index is 12.7. The molecule has 0 atom stereocenters. The van der Waals surface area contributed by atoms with E-state index in [0.717, 1.165) is 80.8 Å². The summed E-state index contributed by atoms with van der Waals surface area (Å²) in [5, 5.41) is 6.33. The maximum Gasteiger partial charge on any atom is 0.411 e. The average Bonchev–Trinajstić information content (AvgIpc) is 3.09. The second-order valence-electron chi connectivity index (χ2n) is 11.9. The van der Waals surface area contributed by atoms with E-state index in [0.29, 0.717) is 25.1 Å². The molecule has 3 amide bonds. The fourth-order valence-electron chi connectivity index (χ4n) is 5.52. The molecule has 1 saturated heterocycles. The molecule has 46 heavy (non-hydrogen) atoms. The van der Waals surface area contributed by atoms with Gasteiger partial charge in [-0.05, 0) is 68.5 Å². The van der Waals surface area contributed by atoms with E-state index in [-0.39, 0.29) is 17.9 Å². The third kappa shape index (κ3) is 10.6. The molecule has 1 aliphatic rings. The zero-order valence-electron chi connectivity index (χ0n) is 27.5. The molecular formula is C37H49N5O4. The highest BCUT2D eigenvalue weighted by atomic mass is 16.6. The SMILES string of the molecule is CCN(C)C(=O)c1ccc(NCCCCCC(=O)N(C)CCN2CCC(OC(=O)Nc3ccccc3-c3ccccc3)CC2)cc1. The van der Waals surface area contributed by atoms with Crippen molar-refractivity contribution < 1.29 is 19.1 Å². The van der Waals surface area contributed by atoms with E-state index < -0.39 is 6.09 Å². The molecule has 1 heterocycles. The summed E-state index contributed by atoms with van der Waals surface area (Å²) < 4.78 is 5.76. The largest absolute Gasteiger partial charge is 0.446 e. The molecule has 3 aromatic rings. The lowest BCUT2D eigenvalue weighted by Crippen LogP contribution is -2.42. The van der Waals surface area contributed by atoms with Gasteiger partial charge in [-0.15, -0.1) is 0 Å². The van der Waals surface area contributed by atoms with Crippen LogP contribution in [0.5, 0.6) is 0 Å². The molecule has 0 aliphatic carbocycles. The number of amides is 3. The van der Waals surface area contributed by atoms with Crippen LogP contribution in [-0.2, 0) is 9.53 Å². The number of rotatable bonds is 15. The molecule has 0 aromatic heterocycles. The summed E-state index contributed by atoms with van der Waals surface area (Å²) in [7, 11) is 3.68. The van der Waals surface area contributed by atoms with Crippen LogP contribution in [0.2, 0.25) is 0 Å². The number of likely N-dealkylation sites (N-methyl/N-ethyl adjacent to an activating group) is 1. The highest BCUT2D eigenvalue weighted by Gasteiger charge is 2.23. The summed E-state index contributed by atoms with van der Waals surface area (Å²) in [5.74, 6) is 0.206. The molecule has 9 heteroatoms. The van der Waals surface area contributed by atoms with Gasteiger partial charge in [0.2, 0.25) is 5.91 Å². The Morgan fingerprint density at radius 2 is 1.54 bits per heavy atom. The number of ether oxygens (including phenoxy) is 1. The van der Waals surface area contributed by atoms with Crippen molar-refractivity contribution in [3.63, 3.8) is 0 Å². The first kappa shape index (κ1) is 34.5. The van der Waals surface area contributed by atoms with Gasteiger partial charge in [0.25, 0.3) is 5.91 Å². The third-order valence-corrected chi connectivity index (χ3v) is 8.58. The number of anilines is 2. The lowest BCUT2D eigenvalue weighted by atomic mass is 10.0. The van der Waals surface area contributed by atoms with Gasteiger partial charge in [-0.25, -0.2) is 4.79 Å². The van der Waals surface area contributed by atoms with Crippen LogP contribution in [0.1, 0.15) is 55.8 Å². The minimum atomic E-state index is -0.426. The number of benzene rings is 3. The van der Waals surface area contributed by atoms with Crippen LogP contribution < -0.4 is 10.6 Å². The fourth-order valence-corrected chi connectivity index (χ4v) is 5.52. The van der Waals surface area contributed by atoms with Gasteiger partial charge < -0.3 is 24.8 Å².